The largest absolute Gasteiger partial charge is 0.325 e. The molecule has 3 rings (SSSR count). The van der Waals surface area contributed by atoms with E-state index in [4.69, 9.17) is 0 Å². The van der Waals surface area contributed by atoms with Crippen LogP contribution in [0.4, 0.5) is 10.1 Å². The maximum absolute atomic E-state index is 14.3. The Hall–Kier alpha value is -2.76. The lowest BCUT2D eigenvalue weighted by molar-refractivity contribution is -0.113. The number of hydrogen-bond donors (Lipinski definition) is 1. The highest BCUT2D eigenvalue weighted by Crippen LogP contribution is 2.27. The highest BCUT2D eigenvalue weighted by Gasteiger charge is 2.20. The van der Waals surface area contributed by atoms with Gasteiger partial charge < -0.3 is 9.88 Å². The molecular weight excluding hydrogens is 465 g/mol. The van der Waals surface area contributed by atoms with Crippen molar-refractivity contribution in [3.63, 3.8) is 0 Å². The number of sulfonamides is 1. The SMILES string of the molecule is CC(C)Cn1c(SCC(=O)Nc2cccc(S(=O)(=O)N(C)C)c2)nnc1-c1ccccc1F. The number of halogens is 1. The number of amides is 1. The number of hydrogen-bond acceptors (Lipinski definition) is 6. The summed E-state index contributed by atoms with van der Waals surface area (Å²) < 4.78 is 41.9. The van der Waals surface area contributed by atoms with Crippen molar-refractivity contribution in [3.8, 4) is 11.4 Å². The minimum absolute atomic E-state index is 0.0260. The zero-order chi connectivity index (χ0) is 24.2. The van der Waals surface area contributed by atoms with Gasteiger partial charge in [-0.3, -0.25) is 4.79 Å². The van der Waals surface area contributed by atoms with Crippen LogP contribution in [0.25, 0.3) is 11.4 Å². The highest BCUT2D eigenvalue weighted by molar-refractivity contribution is 7.99. The molecule has 0 spiro atoms. The fourth-order valence-electron chi connectivity index (χ4n) is 3.04. The number of aromatic nitrogens is 3. The zero-order valence-electron chi connectivity index (χ0n) is 18.8. The Morgan fingerprint density at radius 2 is 1.88 bits per heavy atom. The molecule has 11 heteroatoms. The molecule has 0 fully saturated rings. The first-order chi connectivity index (χ1) is 15.6. The third-order valence-electron chi connectivity index (χ3n) is 4.61. The van der Waals surface area contributed by atoms with Crippen molar-refractivity contribution >= 4 is 33.4 Å². The van der Waals surface area contributed by atoms with Gasteiger partial charge in [0.05, 0.1) is 16.2 Å². The molecule has 3 aromatic rings. The summed E-state index contributed by atoms with van der Waals surface area (Å²) in [6, 6.07) is 12.4. The normalized spacial score (nSPS) is 11.8. The number of carbonyl (C=O) groups excluding carboxylic acids is 1. The summed E-state index contributed by atoms with van der Waals surface area (Å²) in [5, 5.41) is 11.6. The molecule has 0 bridgehead atoms. The van der Waals surface area contributed by atoms with Crippen molar-refractivity contribution in [1.29, 1.82) is 0 Å². The van der Waals surface area contributed by atoms with Crippen LogP contribution in [-0.2, 0) is 21.4 Å². The molecule has 0 aliphatic heterocycles. The zero-order valence-corrected chi connectivity index (χ0v) is 20.5. The topological polar surface area (TPSA) is 97.2 Å². The van der Waals surface area contributed by atoms with E-state index in [1.165, 1.54) is 44.1 Å². The molecule has 1 amide bonds. The Bertz CT molecular complexity index is 1240. The molecule has 2 aromatic carbocycles. The van der Waals surface area contributed by atoms with Crippen LogP contribution in [0.3, 0.4) is 0 Å². The molecular formula is C22H26FN5O3S2. The Balaban J connectivity index is 1.75. The van der Waals surface area contributed by atoms with Gasteiger partial charge in [0.1, 0.15) is 5.82 Å². The molecule has 176 valence electrons. The lowest BCUT2D eigenvalue weighted by atomic mass is 10.2. The Labute approximate surface area is 197 Å². The van der Waals surface area contributed by atoms with E-state index in [9.17, 15) is 17.6 Å². The van der Waals surface area contributed by atoms with Gasteiger partial charge in [-0.1, -0.05) is 43.8 Å². The summed E-state index contributed by atoms with van der Waals surface area (Å²) in [6.07, 6.45) is 0. The van der Waals surface area contributed by atoms with Crippen molar-refractivity contribution < 1.29 is 17.6 Å². The predicted molar refractivity (Wildman–Crippen MR) is 127 cm³/mol. The Kier molecular flexibility index (Phi) is 7.88. The molecule has 0 saturated heterocycles. The molecule has 1 N–H and O–H groups in total. The second-order valence-electron chi connectivity index (χ2n) is 7.94. The van der Waals surface area contributed by atoms with Gasteiger partial charge in [-0.25, -0.2) is 17.1 Å². The standard InChI is InChI=1S/C22H26FN5O3S2/c1-15(2)13-28-21(18-10-5-6-11-19(18)23)25-26-22(28)32-14-20(29)24-16-8-7-9-17(12-16)33(30,31)27(3)4/h5-12,15H,13-14H2,1-4H3,(H,24,29). The number of carbonyl (C=O) groups is 1. The first kappa shape index (κ1) is 24.9. The smallest absolute Gasteiger partial charge is 0.242 e. The minimum atomic E-state index is -3.61. The third kappa shape index (κ3) is 5.98. The van der Waals surface area contributed by atoms with E-state index >= 15 is 0 Å². The van der Waals surface area contributed by atoms with Gasteiger partial charge in [-0.15, -0.1) is 10.2 Å². The van der Waals surface area contributed by atoms with Crippen molar-refractivity contribution in [2.24, 2.45) is 5.92 Å². The summed E-state index contributed by atoms with van der Waals surface area (Å²) in [5.74, 6) is -0.0342. The number of nitrogens with zero attached hydrogens (tertiary/aromatic N) is 4. The number of thioether (sulfide) groups is 1. The van der Waals surface area contributed by atoms with Crippen LogP contribution in [-0.4, -0.2) is 53.2 Å². The third-order valence-corrected chi connectivity index (χ3v) is 7.39. The average Bonchev–Trinajstić information content (AvgIpc) is 3.14. The summed E-state index contributed by atoms with van der Waals surface area (Å²) in [7, 11) is -0.721. The van der Waals surface area contributed by atoms with Crippen LogP contribution in [0.5, 0.6) is 0 Å². The number of anilines is 1. The first-order valence-electron chi connectivity index (χ1n) is 10.2. The monoisotopic (exact) mass is 491 g/mol. The van der Waals surface area contributed by atoms with Gasteiger partial charge >= 0.3 is 0 Å². The van der Waals surface area contributed by atoms with Gasteiger partial charge in [0.15, 0.2) is 11.0 Å². The van der Waals surface area contributed by atoms with E-state index in [0.717, 1.165) is 4.31 Å². The van der Waals surface area contributed by atoms with Crippen molar-refractivity contribution in [2.75, 3.05) is 25.2 Å². The molecule has 1 aromatic heterocycles. The average molecular weight is 492 g/mol. The van der Waals surface area contributed by atoms with Gasteiger partial charge in [0.2, 0.25) is 15.9 Å². The van der Waals surface area contributed by atoms with E-state index in [0.29, 0.717) is 28.8 Å². The van der Waals surface area contributed by atoms with Crippen LogP contribution in [0.15, 0.2) is 58.6 Å². The van der Waals surface area contributed by atoms with Crippen LogP contribution in [0.2, 0.25) is 0 Å². The second kappa shape index (κ2) is 10.4. The molecule has 0 unspecified atom stereocenters. The van der Waals surface area contributed by atoms with Crippen LogP contribution < -0.4 is 5.32 Å². The Morgan fingerprint density at radius 1 is 1.15 bits per heavy atom. The van der Waals surface area contributed by atoms with E-state index in [1.807, 2.05) is 18.4 Å². The van der Waals surface area contributed by atoms with Crippen LogP contribution in [0.1, 0.15) is 13.8 Å². The van der Waals surface area contributed by atoms with Gasteiger partial charge in [-0.2, -0.15) is 0 Å². The van der Waals surface area contributed by atoms with Crippen LogP contribution >= 0.6 is 11.8 Å². The minimum Gasteiger partial charge on any atom is -0.325 e. The van der Waals surface area contributed by atoms with Gasteiger partial charge in [0, 0.05) is 26.3 Å². The predicted octanol–water partition coefficient (Wildman–Crippen LogP) is 3.72. The summed E-state index contributed by atoms with van der Waals surface area (Å²) >= 11 is 1.18. The fourth-order valence-corrected chi connectivity index (χ4v) is 4.74. The van der Waals surface area contributed by atoms with E-state index in [-0.39, 0.29) is 22.5 Å². The lowest BCUT2D eigenvalue weighted by Crippen LogP contribution is -2.22. The quantitative estimate of drug-likeness (QED) is 0.458. The molecule has 8 nitrogen and oxygen atoms in total. The molecule has 0 atom stereocenters. The van der Waals surface area contributed by atoms with Gasteiger partial charge in [-0.05, 0) is 36.2 Å². The number of benzene rings is 2. The molecule has 1 heterocycles. The maximum atomic E-state index is 14.3. The van der Waals surface area contributed by atoms with Crippen LogP contribution in [0, 0.1) is 11.7 Å². The summed E-state index contributed by atoms with van der Waals surface area (Å²) in [5.41, 5.74) is 0.722. The molecule has 0 radical (unpaired) electrons. The number of nitrogens with one attached hydrogen (secondary N) is 1. The summed E-state index contributed by atoms with van der Waals surface area (Å²) in [6.45, 7) is 4.62. The molecule has 0 saturated carbocycles. The maximum Gasteiger partial charge on any atom is 0.242 e. The molecule has 0 aliphatic rings. The Morgan fingerprint density at radius 3 is 2.55 bits per heavy atom. The van der Waals surface area contributed by atoms with E-state index in [1.54, 1.807) is 30.3 Å². The highest BCUT2D eigenvalue weighted by atomic mass is 32.2. The lowest BCUT2D eigenvalue weighted by Gasteiger charge is -2.13. The van der Waals surface area contributed by atoms with E-state index < -0.39 is 15.8 Å². The fraction of sp³-hybridized carbons (Fsp3) is 0.318. The molecule has 0 aliphatic carbocycles. The van der Waals surface area contributed by atoms with Crippen molar-refractivity contribution in [3.05, 3.63) is 54.3 Å². The number of rotatable bonds is 9. The first-order valence-corrected chi connectivity index (χ1v) is 12.7. The molecule has 33 heavy (non-hydrogen) atoms. The van der Waals surface area contributed by atoms with Gasteiger partial charge in [0.25, 0.3) is 0 Å². The summed E-state index contributed by atoms with van der Waals surface area (Å²) in [4.78, 5) is 12.6. The second-order valence-corrected chi connectivity index (χ2v) is 11.0. The van der Waals surface area contributed by atoms with Crippen molar-refractivity contribution in [2.45, 2.75) is 30.4 Å². The van der Waals surface area contributed by atoms with Crippen molar-refractivity contribution in [1.82, 2.24) is 19.1 Å². The van der Waals surface area contributed by atoms with E-state index in [2.05, 4.69) is 15.5 Å².